The van der Waals surface area contributed by atoms with Crippen LogP contribution in [-0.2, 0) is 0 Å². The van der Waals surface area contributed by atoms with E-state index in [2.05, 4.69) is 17.2 Å². The number of carbonyl (C=O) groups excluding carboxylic acids is 1. The topological polar surface area (TPSA) is 77.5 Å². The van der Waals surface area contributed by atoms with Crippen molar-refractivity contribution in [2.75, 3.05) is 19.0 Å². The van der Waals surface area contributed by atoms with Crippen LogP contribution in [0.2, 0.25) is 0 Å². The van der Waals surface area contributed by atoms with Gasteiger partial charge < -0.3 is 20.2 Å². The molecule has 20 heavy (non-hydrogen) atoms. The minimum absolute atomic E-state index is 0.227. The summed E-state index contributed by atoms with van der Waals surface area (Å²) in [5.41, 5.74) is 6.60. The molecule has 1 aromatic heterocycles. The number of carbonyl (C=O) groups is 1. The van der Waals surface area contributed by atoms with Gasteiger partial charge in [0.05, 0.1) is 25.6 Å². The maximum atomic E-state index is 12.0. The number of rotatable bonds is 3. The van der Waals surface area contributed by atoms with Crippen molar-refractivity contribution >= 4 is 11.6 Å². The molecule has 2 rings (SSSR count). The van der Waals surface area contributed by atoms with Gasteiger partial charge in [-0.25, -0.2) is 0 Å². The van der Waals surface area contributed by atoms with Crippen LogP contribution in [0.4, 0.5) is 5.69 Å². The summed E-state index contributed by atoms with van der Waals surface area (Å²) in [6.07, 6.45) is 1.44. The van der Waals surface area contributed by atoms with Crippen LogP contribution in [0.3, 0.4) is 0 Å². The molecule has 0 bridgehead atoms. The van der Waals surface area contributed by atoms with Gasteiger partial charge in [-0.15, -0.1) is 0 Å². The van der Waals surface area contributed by atoms with Gasteiger partial charge in [0.1, 0.15) is 5.75 Å². The van der Waals surface area contributed by atoms with Crippen molar-refractivity contribution in [3.8, 4) is 17.6 Å². The summed E-state index contributed by atoms with van der Waals surface area (Å²) in [7, 11) is 1.53. The summed E-state index contributed by atoms with van der Waals surface area (Å²) in [6, 6.07) is 8.49. The molecular formula is C15H14N2O3. The van der Waals surface area contributed by atoms with Crippen LogP contribution in [0.25, 0.3) is 0 Å². The second-order valence-electron chi connectivity index (χ2n) is 3.85. The number of nitrogens with one attached hydrogen (secondary N) is 1. The summed E-state index contributed by atoms with van der Waals surface area (Å²) in [5, 5.41) is 2.72. The molecule has 0 spiro atoms. The molecule has 0 aliphatic carbocycles. The van der Waals surface area contributed by atoms with Crippen LogP contribution in [0, 0.1) is 11.8 Å². The summed E-state index contributed by atoms with van der Waals surface area (Å²) < 4.78 is 10.2. The molecule has 0 unspecified atom stereocenters. The summed E-state index contributed by atoms with van der Waals surface area (Å²) in [5.74, 6) is 6.08. The molecule has 5 heteroatoms. The average molecular weight is 270 g/mol. The molecule has 102 valence electrons. The maximum Gasteiger partial charge on any atom is 0.291 e. The lowest BCUT2D eigenvalue weighted by atomic mass is 10.2. The fourth-order valence-electron chi connectivity index (χ4n) is 1.63. The largest absolute Gasteiger partial charge is 0.495 e. The average Bonchev–Trinajstić information content (AvgIpc) is 2.99. The Labute approximate surface area is 116 Å². The van der Waals surface area contributed by atoms with Crippen molar-refractivity contribution in [1.82, 2.24) is 0 Å². The number of furan rings is 1. The van der Waals surface area contributed by atoms with E-state index >= 15 is 0 Å². The Bertz CT molecular complexity index is 651. The highest BCUT2D eigenvalue weighted by atomic mass is 16.5. The lowest BCUT2D eigenvalue weighted by Gasteiger charge is -2.09. The molecule has 0 aliphatic rings. The highest BCUT2D eigenvalue weighted by molar-refractivity contribution is 6.03. The Morgan fingerprint density at radius 1 is 1.45 bits per heavy atom. The molecule has 0 atom stereocenters. The number of hydrogen-bond acceptors (Lipinski definition) is 4. The fourth-order valence-corrected chi connectivity index (χ4v) is 1.63. The minimum Gasteiger partial charge on any atom is -0.495 e. The monoisotopic (exact) mass is 270 g/mol. The number of anilines is 1. The lowest BCUT2D eigenvalue weighted by molar-refractivity contribution is 0.0996. The van der Waals surface area contributed by atoms with Crippen molar-refractivity contribution in [1.29, 1.82) is 0 Å². The van der Waals surface area contributed by atoms with Gasteiger partial charge in [0.2, 0.25) is 0 Å². The first-order valence-corrected chi connectivity index (χ1v) is 5.96. The second kappa shape index (κ2) is 6.45. The van der Waals surface area contributed by atoms with Crippen LogP contribution in [0.5, 0.6) is 5.75 Å². The SMILES string of the molecule is COc1ccc(C#CCN)cc1NC(=O)c1ccco1. The summed E-state index contributed by atoms with van der Waals surface area (Å²) >= 11 is 0. The fraction of sp³-hybridized carbons (Fsp3) is 0.133. The number of amides is 1. The van der Waals surface area contributed by atoms with Gasteiger partial charge in [0.15, 0.2) is 5.76 Å². The van der Waals surface area contributed by atoms with E-state index in [0.717, 1.165) is 5.56 Å². The molecular weight excluding hydrogens is 256 g/mol. The highest BCUT2D eigenvalue weighted by Gasteiger charge is 2.12. The van der Waals surface area contributed by atoms with Gasteiger partial charge in [0.25, 0.3) is 5.91 Å². The van der Waals surface area contributed by atoms with Gasteiger partial charge >= 0.3 is 0 Å². The van der Waals surface area contributed by atoms with E-state index < -0.39 is 0 Å². The van der Waals surface area contributed by atoms with E-state index in [1.807, 2.05) is 0 Å². The number of methoxy groups -OCH3 is 1. The Morgan fingerprint density at radius 2 is 2.30 bits per heavy atom. The van der Waals surface area contributed by atoms with E-state index in [-0.39, 0.29) is 18.2 Å². The molecule has 0 aliphatic heterocycles. The summed E-state index contributed by atoms with van der Waals surface area (Å²) in [4.78, 5) is 12.0. The van der Waals surface area contributed by atoms with Crippen LogP contribution < -0.4 is 15.8 Å². The van der Waals surface area contributed by atoms with Gasteiger partial charge in [-0.3, -0.25) is 4.79 Å². The lowest BCUT2D eigenvalue weighted by Crippen LogP contribution is -2.11. The Balaban J connectivity index is 2.26. The molecule has 1 heterocycles. The van der Waals surface area contributed by atoms with E-state index in [1.165, 1.54) is 13.4 Å². The Morgan fingerprint density at radius 3 is 2.95 bits per heavy atom. The van der Waals surface area contributed by atoms with Gasteiger partial charge in [0, 0.05) is 5.56 Å². The first-order valence-electron chi connectivity index (χ1n) is 5.96. The first-order chi connectivity index (χ1) is 9.74. The number of hydrogen-bond donors (Lipinski definition) is 2. The van der Waals surface area contributed by atoms with Crippen LogP contribution in [-0.4, -0.2) is 19.6 Å². The molecule has 0 saturated heterocycles. The number of ether oxygens (including phenoxy) is 1. The third-order valence-electron chi connectivity index (χ3n) is 2.53. The highest BCUT2D eigenvalue weighted by Crippen LogP contribution is 2.25. The zero-order valence-corrected chi connectivity index (χ0v) is 11.0. The standard InChI is InChI=1S/C15H14N2O3/c1-19-13-7-6-11(4-2-8-16)10-12(13)17-15(18)14-5-3-9-20-14/h3,5-7,9-10H,8,16H2,1H3,(H,17,18). The van der Waals surface area contributed by atoms with Crippen molar-refractivity contribution in [2.24, 2.45) is 5.73 Å². The molecule has 5 nitrogen and oxygen atoms in total. The van der Waals surface area contributed by atoms with Crippen molar-refractivity contribution in [3.63, 3.8) is 0 Å². The van der Waals surface area contributed by atoms with Crippen LogP contribution in [0.15, 0.2) is 41.0 Å². The first kappa shape index (κ1) is 13.7. The smallest absolute Gasteiger partial charge is 0.291 e. The zero-order chi connectivity index (χ0) is 14.4. The van der Waals surface area contributed by atoms with Crippen LogP contribution in [0.1, 0.15) is 16.1 Å². The maximum absolute atomic E-state index is 12.0. The molecule has 0 radical (unpaired) electrons. The van der Waals surface area contributed by atoms with Crippen molar-refractivity contribution in [3.05, 3.63) is 47.9 Å². The number of nitrogens with two attached hydrogens (primary N) is 1. The van der Waals surface area contributed by atoms with Crippen LogP contribution >= 0.6 is 0 Å². The minimum atomic E-state index is -0.350. The summed E-state index contributed by atoms with van der Waals surface area (Å²) in [6.45, 7) is 0.278. The Hall–Kier alpha value is -2.71. The molecule has 0 saturated carbocycles. The zero-order valence-electron chi connectivity index (χ0n) is 11.0. The van der Waals surface area contributed by atoms with Crippen molar-refractivity contribution < 1.29 is 13.9 Å². The molecule has 1 aromatic carbocycles. The normalized spacial score (nSPS) is 9.50. The molecule has 2 aromatic rings. The predicted molar refractivity (Wildman–Crippen MR) is 75.6 cm³/mol. The van der Waals surface area contributed by atoms with Gasteiger partial charge in [-0.1, -0.05) is 11.8 Å². The van der Waals surface area contributed by atoms with E-state index in [0.29, 0.717) is 11.4 Å². The molecule has 3 N–H and O–H groups in total. The van der Waals surface area contributed by atoms with Crippen molar-refractivity contribution in [2.45, 2.75) is 0 Å². The molecule has 0 fully saturated rings. The van der Waals surface area contributed by atoms with Gasteiger partial charge in [-0.05, 0) is 30.3 Å². The van der Waals surface area contributed by atoms with E-state index in [4.69, 9.17) is 14.9 Å². The van der Waals surface area contributed by atoms with E-state index in [1.54, 1.807) is 30.3 Å². The predicted octanol–water partition coefficient (Wildman–Crippen LogP) is 1.85. The van der Waals surface area contributed by atoms with E-state index in [9.17, 15) is 4.79 Å². The second-order valence-corrected chi connectivity index (χ2v) is 3.85. The number of benzene rings is 1. The third-order valence-corrected chi connectivity index (χ3v) is 2.53. The third kappa shape index (κ3) is 3.19. The quantitative estimate of drug-likeness (QED) is 0.834. The Kier molecular flexibility index (Phi) is 4.43. The van der Waals surface area contributed by atoms with Gasteiger partial charge in [-0.2, -0.15) is 0 Å². The molecule has 1 amide bonds.